The van der Waals surface area contributed by atoms with Crippen molar-refractivity contribution in [1.29, 1.82) is 0 Å². The van der Waals surface area contributed by atoms with Crippen LogP contribution < -0.4 is 10.2 Å². The molecule has 0 radical (unpaired) electrons. The van der Waals surface area contributed by atoms with Crippen LogP contribution in [0.15, 0.2) is 36.4 Å². The summed E-state index contributed by atoms with van der Waals surface area (Å²) in [5.74, 6) is -1.47. The predicted octanol–water partition coefficient (Wildman–Crippen LogP) is 1.80. The summed E-state index contributed by atoms with van der Waals surface area (Å²) in [6.07, 6.45) is 5.03. The Bertz CT molecular complexity index is 790. The van der Waals surface area contributed by atoms with Crippen LogP contribution in [-0.2, 0) is 19.1 Å². The minimum Gasteiger partial charge on any atom is -0.378 e. The number of fused-ring (bicyclic) bond motifs is 1. The van der Waals surface area contributed by atoms with E-state index < -0.39 is 6.04 Å². The van der Waals surface area contributed by atoms with E-state index in [1.165, 1.54) is 0 Å². The molecule has 3 amide bonds. The van der Waals surface area contributed by atoms with Crippen LogP contribution in [0, 0.1) is 11.8 Å². The van der Waals surface area contributed by atoms with E-state index in [2.05, 4.69) is 10.2 Å². The zero-order chi connectivity index (χ0) is 19.7. The molecule has 7 heteroatoms. The van der Waals surface area contributed by atoms with Crippen molar-refractivity contribution in [3.63, 3.8) is 0 Å². The fourth-order valence-electron chi connectivity index (χ4n) is 4.22. The van der Waals surface area contributed by atoms with Crippen molar-refractivity contribution in [2.45, 2.75) is 25.8 Å². The molecule has 1 aromatic carbocycles. The average Bonchev–Trinajstić information content (AvgIpc) is 2.99. The van der Waals surface area contributed by atoms with E-state index in [9.17, 15) is 14.4 Å². The van der Waals surface area contributed by atoms with Crippen LogP contribution in [0.25, 0.3) is 0 Å². The minimum absolute atomic E-state index is 0.233. The molecule has 148 valence electrons. The first-order valence-electron chi connectivity index (χ1n) is 9.82. The highest BCUT2D eigenvalue weighted by atomic mass is 16.5. The molecule has 1 aliphatic carbocycles. The number of carbonyl (C=O) groups excluding carboxylic acids is 3. The highest BCUT2D eigenvalue weighted by Gasteiger charge is 2.50. The van der Waals surface area contributed by atoms with Gasteiger partial charge in [0, 0.05) is 13.1 Å². The van der Waals surface area contributed by atoms with Crippen LogP contribution in [0.4, 0.5) is 11.4 Å². The summed E-state index contributed by atoms with van der Waals surface area (Å²) in [5, 5.41) is 2.92. The summed E-state index contributed by atoms with van der Waals surface area (Å²) in [4.78, 5) is 41.7. The van der Waals surface area contributed by atoms with Crippen LogP contribution in [0.2, 0.25) is 0 Å². The molecule has 2 heterocycles. The summed E-state index contributed by atoms with van der Waals surface area (Å²) in [7, 11) is 0. The molecule has 2 fully saturated rings. The van der Waals surface area contributed by atoms with Gasteiger partial charge in [-0.3, -0.25) is 19.3 Å². The van der Waals surface area contributed by atoms with Gasteiger partial charge in [0.2, 0.25) is 17.7 Å². The second-order valence-corrected chi connectivity index (χ2v) is 7.48. The summed E-state index contributed by atoms with van der Waals surface area (Å²) >= 11 is 0. The van der Waals surface area contributed by atoms with E-state index in [0.29, 0.717) is 31.7 Å². The Morgan fingerprint density at radius 3 is 2.32 bits per heavy atom. The summed E-state index contributed by atoms with van der Waals surface area (Å²) < 4.78 is 5.40. The number of imide groups is 1. The Balaban J connectivity index is 1.50. The van der Waals surface area contributed by atoms with Gasteiger partial charge in [-0.15, -0.1) is 0 Å². The zero-order valence-corrected chi connectivity index (χ0v) is 16.0. The topological polar surface area (TPSA) is 79.0 Å². The molecular weight excluding hydrogens is 358 g/mol. The molecule has 3 aliphatic rings. The number of allylic oxidation sites excluding steroid dienone is 2. The third kappa shape index (κ3) is 3.30. The Morgan fingerprint density at radius 1 is 1.07 bits per heavy atom. The number of para-hydroxylation sites is 2. The van der Waals surface area contributed by atoms with Gasteiger partial charge in [0.15, 0.2) is 0 Å². The molecule has 1 N–H and O–H groups in total. The lowest BCUT2D eigenvalue weighted by Gasteiger charge is -2.31. The standard InChI is InChI=1S/C21H25N3O4/c1-14(24-20(26)15-6-2-3-7-16(15)21(24)27)19(25)22-17-8-4-5-9-18(17)23-10-12-28-13-11-23/h2-5,8-9,14-16H,6-7,10-13H2,1H3,(H,22,25)/t14-,15-,16+/m0/s1. The molecule has 28 heavy (non-hydrogen) atoms. The van der Waals surface area contributed by atoms with Crippen molar-refractivity contribution in [2.24, 2.45) is 11.8 Å². The minimum atomic E-state index is -0.844. The SMILES string of the molecule is C[C@@H](C(=O)Nc1ccccc1N1CCOCC1)N1C(=O)[C@H]2CC=CC[C@H]2C1=O. The van der Waals surface area contributed by atoms with Gasteiger partial charge in [-0.25, -0.2) is 0 Å². The van der Waals surface area contributed by atoms with Gasteiger partial charge in [-0.2, -0.15) is 0 Å². The van der Waals surface area contributed by atoms with Gasteiger partial charge in [0.25, 0.3) is 0 Å². The number of morpholine rings is 1. The first kappa shape index (κ1) is 18.7. The Morgan fingerprint density at radius 2 is 1.68 bits per heavy atom. The zero-order valence-electron chi connectivity index (χ0n) is 16.0. The normalized spacial score (nSPS) is 25.6. The van der Waals surface area contributed by atoms with E-state index in [4.69, 9.17) is 4.74 Å². The lowest BCUT2D eigenvalue weighted by atomic mass is 9.85. The van der Waals surface area contributed by atoms with Crippen LogP contribution in [0.5, 0.6) is 0 Å². The smallest absolute Gasteiger partial charge is 0.247 e. The third-order valence-corrected chi connectivity index (χ3v) is 5.82. The fraction of sp³-hybridized carbons (Fsp3) is 0.476. The molecule has 2 saturated heterocycles. The molecule has 2 aliphatic heterocycles. The van der Waals surface area contributed by atoms with Crippen LogP contribution >= 0.6 is 0 Å². The summed E-state index contributed by atoms with van der Waals surface area (Å²) in [5.41, 5.74) is 1.60. The maximum Gasteiger partial charge on any atom is 0.247 e. The van der Waals surface area contributed by atoms with E-state index >= 15 is 0 Å². The van der Waals surface area contributed by atoms with Crippen LogP contribution in [-0.4, -0.2) is 55.0 Å². The molecule has 7 nitrogen and oxygen atoms in total. The number of carbonyl (C=O) groups is 3. The van der Waals surface area contributed by atoms with E-state index in [-0.39, 0.29) is 29.6 Å². The van der Waals surface area contributed by atoms with Gasteiger partial charge in [0.1, 0.15) is 6.04 Å². The number of hydrogen-bond donors (Lipinski definition) is 1. The number of nitrogens with zero attached hydrogens (tertiary/aromatic N) is 2. The second kappa shape index (κ2) is 7.75. The average molecular weight is 383 g/mol. The summed E-state index contributed by atoms with van der Waals surface area (Å²) in [6.45, 7) is 4.41. The summed E-state index contributed by atoms with van der Waals surface area (Å²) in [6, 6.07) is 6.74. The number of amides is 3. The van der Waals surface area contributed by atoms with E-state index in [1.807, 2.05) is 36.4 Å². The molecular formula is C21H25N3O4. The number of ether oxygens (including phenoxy) is 1. The quantitative estimate of drug-likeness (QED) is 0.634. The number of anilines is 2. The number of likely N-dealkylation sites (tertiary alicyclic amines) is 1. The van der Waals surface area contributed by atoms with Crippen molar-refractivity contribution in [3.8, 4) is 0 Å². The van der Waals surface area contributed by atoms with Crippen molar-refractivity contribution < 1.29 is 19.1 Å². The number of rotatable bonds is 4. The highest BCUT2D eigenvalue weighted by molar-refractivity contribution is 6.10. The lowest BCUT2D eigenvalue weighted by molar-refractivity contribution is -0.146. The van der Waals surface area contributed by atoms with Gasteiger partial charge >= 0.3 is 0 Å². The van der Waals surface area contributed by atoms with Gasteiger partial charge in [-0.1, -0.05) is 24.3 Å². The van der Waals surface area contributed by atoms with Gasteiger partial charge in [-0.05, 0) is 31.9 Å². The lowest BCUT2D eigenvalue weighted by Crippen LogP contribution is -2.46. The first-order chi connectivity index (χ1) is 13.6. The largest absolute Gasteiger partial charge is 0.378 e. The monoisotopic (exact) mass is 383 g/mol. The van der Waals surface area contributed by atoms with Crippen LogP contribution in [0.3, 0.4) is 0 Å². The van der Waals surface area contributed by atoms with Gasteiger partial charge < -0.3 is 15.0 Å². The fourth-order valence-corrected chi connectivity index (χ4v) is 4.22. The second-order valence-electron chi connectivity index (χ2n) is 7.48. The third-order valence-electron chi connectivity index (χ3n) is 5.82. The Labute approximate surface area is 164 Å². The van der Waals surface area contributed by atoms with Crippen molar-refractivity contribution in [2.75, 3.05) is 36.5 Å². The van der Waals surface area contributed by atoms with E-state index in [0.717, 1.165) is 23.7 Å². The van der Waals surface area contributed by atoms with Crippen molar-refractivity contribution in [1.82, 2.24) is 4.90 Å². The maximum absolute atomic E-state index is 12.9. The number of nitrogens with one attached hydrogen (secondary N) is 1. The Hall–Kier alpha value is -2.67. The predicted molar refractivity (Wildman–Crippen MR) is 105 cm³/mol. The number of benzene rings is 1. The molecule has 1 aromatic rings. The Kier molecular flexibility index (Phi) is 5.17. The van der Waals surface area contributed by atoms with Gasteiger partial charge in [0.05, 0.1) is 36.4 Å². The van der Waals surface area contributed by atoms with Crippen molar-refractivity contribution in [3.05, 3.63) is 36.4 Å². The molecule has 0 spiro atoms. The first-order valence-corrected chi connectivity index (χ1v) is 9.82. The maximum atomic E-state index is 12.9. The molecule has 3 atom stereocenters. The number of hydrogen-bond acceptors (Lipinski definition) is 5. The van der Waals surface area contributed by atoms with E-state index in [1.54, 1.807) is 6.92 Å². The van der Waals surface area contributed by atoms with Crippen molar-refractivity contribution >= 4 is 29.1 Å². The molecule has 0 unspecified atom stereocenters. The highest BCUT2D eigenvalue weighted by Crippen LogP contribution is 2.36. The molecule has 0 bridgehead atoms. The molecule has 4 rings (SSSR count). The van der Waals surface area contributed by atoms with Crippen LogP contribution in [0.1, 0.15) is 19.8 Å². The molecule has 0 aromatic heterocycles. The molecule has 0 saturated carbocycles.